The third kappa shape index (κ3) is 2.99. The highest BCUT2D eigenvalue weighted by molar-refractivity contribution is 5.64. The first-order chi connectivity index (χ1) is 8.10. The highest BCUT2D eigenvalue weighted by Gasteiger charge is 2.22. The van der Waals surface area contributed by atoms with Gasteiger partial charge in [0.1, 0.15) is 6.33 Å². The molecule has 0 bridgehead atoms. The Morgan fingerprint density at radius 1 is 1.24 bits per heavy atom. The Balaban J connectivity index is 3.05. The van der Waals surface area contributed by atoms with E-state index in [1.54, 1.807) is 7.11 Å². The summed E-state index contributed by atoms with van der Waals surface area (Å²) in [7, 11) is 3.44. The second-order valence-corrected chi connectivity index (χ2v) is 4.25. The van der Waals surface area contributed by atoms with Gasteiger partial charge in [0, 0.05) is 12.6 Å². The number of nitrogens with zero attached hydrogens (tertiary/aromatic N) is 2. The van der Waals surface area contributed by atoms with Gasteiger partial charge in [-0.15, -0.1) is 0 Å². The number of hydrogen-bond donors (Lipinski definition) is 2. The molecule has 0 radical (unpaired) electrons. The molecule has 1 aromatic heterocycles. The van der Waals surface area contributed by atoms with Crippen molar-refractivity contribution in [1.82, 2.24) is 9.97 Å². The van der Waals surface area contributed by atoms with Crippen LogP contribution in [0.3, 0.4) is 0 Å². The van der Waals surface area contributed by atoms with Crippen LogP contribution in [0.25, 0.3) is 0 Å². The summed E-state index contributed by atoms with van der Waals surface area (Å²) in [6, 6.07) is 0. The first-order valence-electron chi connectivity index (χ1n) is 5.95. The molecule has 5 heteroatoms. The van der Waals surface area contributed by atoms with Crippen LogP contribution >= 0.6 is 0 Å². The van der Waals surface area contributed by atoms with Gasteiger partial charge in [-0.25, -0.2) is 9.97 Å². The summed E-state index contributed by atoms with van der Waals surface area (Å²) in [4.78, 5) is 8.37. The van der Waals surface area contributed by atoms with E-state index < -0.39 is 0 Å². The van der Waals surface area contributed by atoms with Gasteiger partial charge in [0.05, 0.1) is 7.11 Å². The fourth-order valence-electron chi connectivity index (χ4n) is 1.55. The normalized spacial score (nSPS) is 11.1. The largest absolute Gasteiger partial charge is 0.490 e. The fourth-order valence-corrected chi connectivity index (χ4v) is 1.55. The molecule has 1 aromatic rings. The maximum Gasteiger partial charge on any atom is 0.204 e. The van der Waals surface area contributed by atoms with Crippen molar-refractivity contribution in [2.45, 2.75) is 39.2 Å². The maximum absolute atomic E-state index is 5.35. The molecule has 96 valence electrons. The van der Waals surface area contributed by atoms with E-state index >= 15 is 0 Å². The SMILES string of the molecule is CCC(C)(CC)Nc1ncnc(NC)c1OC. The van der Waals surface area contributed by atoms with Crippen molar-refractivity contribution in [1.29, 1.82) is 0 Å². The Morgan fingerprint density at radius 3 is 2.29 bits per heavy atom. The third-order valence-electron chi connectivity index (χ3n) is 3.23. The topological polar surface area (TPSA) is 59.1 Å². The van der Waals surface area contributed by atoms with E-state index in [1.807, 2.05) is 7.05 Å². The van der Waals surface area contributed by atoms with Crippen LogP contribution in [-0.2, 0) is 0 Å². The molecule has 1 rings (SSSR count). The van der Waals surface area contributed by atoms with E-state index in [0.717, 1.165) is 18.7 Å². The van der Waals surface area contributed by atoms with Crippen LogP contribution in [0.2, 0.25) is 0 Å². The van der Waals surface area contributed by atoms with Crippen molar-refractivity contribution in [3.05, 3.63) is 6.33 Å². The lowest BCUT2D eigenvalue weighted by molar-refractivity contribution is 0.409. The molecule has 0 aromatic carbocycles. The van der Waals surface area contributed by atoms with E-state index in [0.29, 0.717) is 11.6 Å². The van der Waals surface area contributed by atoms with Gasteiger partial charge in [0.25, 0.3) is 0 Å². The summed E-state index contributed by atoms with van der Waals surface area (Å²) in [6.07, 6.45) is 3.57. The van der Waals surface area contributed by atoms with Crippen LogP contribution < -0.4 is 15.4 Å². The number of hydrogen-bond acceptors (Lipinski definition) is 5. The first-order valence-corrected chi connectivity index (χ1v) is 5.95. The number of ether oxygens (including phenoxy) is 1. The summed E-state index contributed by atoms with van der Waals surface area (Å²) in [6.45, 7) is 6.49. The van der Waals surface area contributed by atoms with Crippen LogP contribution in [-0.4, -0.2) is 29.7 Å². The Bertz CT molecular complexity index is 364. The lowest BCUT2D eigenvalue weighted by Crippen LogP contribution is -2.33. The summed E-state index contributed by atoms with van der Waals surface area (Å²) in [5.74, 6) is 2.08. The van der Waals surface area contributed by atoms with Gasteiger partial charge < -0.3 is 15.4 Å². The van der Waals surface area contributed by atoms with Crippen LogP contribution in [0.4, 0.5) is 11.6 Å². The van der Waals surface area contributed by atoms with Gasteiger partial charge in [0.2, 0.25) is 5.75 Å². The van der Waals surface area contributed by atoms with E-state index in [2.05, 4.69) is 41.4 Å². The number of methoxy groups -OCH3 is 1. The molecule has 0 unspecified atom stereocenters. The minimum atomic E-state index is 0.0205. The lowest BCUT2D eigenvalue weighted by Gasteiger charge is -2.29. The van der Waals surface area contributed by atoms with Crippen molar-refractivity contribution < 1.29 is 4.74 Å². The summed E-state index contributed by atoms with van der Waals surface area (Å²) in [5.41, 5.74) is 0.0205. The van der Waals surface area contributed by atoms with Crippen LogP contribution in [0, 0.1) is 0 Å². The highest BCUT2D eigenvalue weighted by Crippen LogP contribution is 2.32. The van der Waals surface area contributed by atoms with Gasteiger partial charge in [0.15, 0.2) is 11.6 Å². The summed E-state index contributed by atoms with van der Waals surface area (Å²) in [5, 5.41) is 6.43. The standard InChI is InChI=1S/C12H22N4O/c1-6-12(3,7-2)16-11-9(17-5)10(13-4)14-8-15-11/h8H,6-7H2,1-5H3,(H2,13,14,15,16). The molecule has 2 N–H and O–H groups in total. The molecule has 0 saturated heterocycles. The van der Waals surface area contributed by atoms with Crippen molar-refractivity contribution in [2.75, 3.05) is 24.8 Å². The second-order valence-electron chi connectivity index (χ2n) is 4.25. The monoisotopic (exact) mass is 238 g/mol. The molecule has 0 fully saturated rings. The molecule has 0 aliphatic heterocycles. The Labute approximate surface area is 103 Å². The van der Waals surface area contributed by atoms with Crippen molar-refractivity contribution >= 4 is 11.6 Å². The quantitative estimate of drug-likeness (QED) is 0.797. The highest BCUT2D eigenvalue weighted by atomic mass is 16.5. The zero-order chi connectivity index (χ0) is 12.9. The average molecular weight is 238 g/mol. The molecular weight excluding hydrogens is 216 g/mol. The Hall–Kier alpha value is -1.52. The molecular formula is C12H22N4O. The van der Waals surface area contributed by atoms with Gasteiger partial charge in [-0.3, -0.25) is 0 Å². The maximum atomic E-state index is 5.35. The molecule has 0 amide bonds. The first kappa shape index (κ1) is 13.5. The van der Waals surface area contributed by atoms with Gasteiger partial charge in [-0.1, -0.05) is 13.8 Å². The molecule has 5 nitrogen and oxygen atoms in total. The Kier molecular flexibility index (Phi) is 4.54. The average Bonchev–Trinajstić information content (AvgIpc) is 2.38. The predicted molar refractivity (Wildman–Crippen MR) is 70.7 cm³/mol. The van der Waals surface area contributed by atoms with Gasteiger partial charge in [-0.05, 0) is 19.8 Å². The van der Waals surface area contributed by atoms with Crippen molar-refractivity contribution in [3.63, 3.8) is 0 Å². The Morgan fingerprint density at radius 2 is 1.82 bits per heavy atom. The van der Waals surface area contributed by atoms with E-state index in [1.165, 1.54) is 6.33 Å². The summed E-state index contributed by atoms with van der Waals surface area (Å²) < 4.78 is 5.35. The molecule has 0 saturated carbocycles. The van der Waals surface area contributed by atoms with Crippen LogP contribution in [0.5, 0.6) is 5.75 Å². The smallest absolute Gasteiger partial charge is 0.204 e. The summed E-state index contributed by atoms with van der Waals surface area (Å²) >= 11 is 0. The lowest BCUT2D eigenvalue weighted by atomic mass is 9.95. The molecule has 17 heavy (non-hydrogen) atoms. The molecule has 0 aliphatic carbocycles. The number of rotatable bonds is 6. The number of nitrogens with one attached hydrogen (secondary N) is 2. The van der Waals surface area contributed by atoms with Gasteiger partial charge >= 0.3 is 0 Å². The van der Waals surface area contributed by atoms with E-state index in [4.69, 9.17) is 4.74 Å². The van der Waals surface area contributed by atoms with E-state index in [-0.39, 0.29) is 5.54 Å². The zero-order valence-electron chi connectivity index (χ0n) is 11.3. The van der Waals surface area contributed by atoms with Crippen LogP contribution in [0.15, 0.2) is 6.33 Å². The third-order valence-corrected chi connectivity index (χ3v) is 3.23. The molecule has 1 heterocycles. The van der Waals surface area contributed by atoms with Crippen molar-refractivity contribution in [2.24, 2.45) is 0 Å². The zero-order valence-corrected chi connectivity index (χ0v) is 11.3. The second kappa shape index (κ2) is 5.70. The minimum Gasteiger partial charge on any atom is -0.490 e. The predicted octanol–water partition coefficient (Wildman–Crippen LogP) is 2.52. The van der Waals surface area contributed by atoms with Crippen LogP contribution in [0.1, 0.15) is 33.6 Å². The number of aromatic nitrogens is 2. The van der Waals surface area contributed by atoms with E-state index in [9.17, 15) is 0 Å². The molecule has 0 spiro atoms. The molecule has 0 aliphatic rings. The van der Waals surface area contributed by atoms with Gasteiger partial charge in [-0.2, -0.15) is 0 Å². The van der Waals surface area contributed by atoms with Crippen molar-refractivity contribution in [3.8, 4) is 5.75 Å². The number of anilines is 2. The molecule has 0 atom stereocenters. The fraction of sp³-hybridized carbons (Fsp3) is 0.667. The minimum absolute atomic E-state index is 0.0205.